The molecule has 0 aromatic carbocycles. The second-order valence-corrected chi connectivity index (χ2v) is 4.14. The monoisotopic (exact) mass is 260 g/mol. The number of methoxy groups -OCH3 is 1. The summed E-state index contributed by atoms with van der Waals surface area (Å²) in [6.07, 6.45) is 0.405. The summed E-state index contributed by atoms with van der Waals surface area (Å²) in [5.41, 5.74) is 0. The van der Waals surface area contributed by atoms with Crippen molar-refractivity contribution >= 4 is 11.9 Å². The lowest BCUT2D eigenvalue weighted by atomic mass is 10.2. The molecule has 0 aliphatic carbocycles. The van der Waals surface area contributed by atoms with Crippen molar-refractivity contribution in [3.8, 4) is 0 Å². The molecule has 0 saturated carbocycles. The smallest absolute Gasteiger partial charge is 0.332 e. The van der Waals surface area contributed by atoms with Gasteiger partial charge in [0.15, 0.2) is 6.10 Å². The third-order valence-corrected chi connectivity index (χ3v) is 2.67. The van der Waals surface area contributed by atoms with E-state index < -0.39 is 12.1 Å². The van der Waals surface area contributed by atoms with Gasteiger partial charge in [0, 0.05) is 20.2 Å². The van der Waals surface area contributed by atoms with E-state index in [4.69, 9.17) is 14.6 Å². The Labute approximate surface area is 106 Å². The minimum Gasteiger partial charge on any atom is -0.479 e. The lowest BCUT2D eigenvalue weighted by Crippen LogP contribution is -2.38. The molecule has 1 fully saturated rings. The van der Waals surface area contributed by atoms with Crippen LogP contribution in [-0.4, -0.2) is 62.5 Å². The molecule has 104 valence electrons. The van der Waals surface area contributed by atoms with Gasteiger partial charge in [-0.3, -0.25) is 4.79 Å². The van der Waals surface area contributed by atoms with Crippen LogP contribution in [0.15, 0.2) is 0 Å². The van der Waals surface area contributed by atoms with E-state index in [1.54, 1.807) is 7.11 Å². The first-order chi connectivity index (χ1) is 8.63. The highest BCUT2D eigenvalue weighted by molar-refractivity contribution is 5.77. The number of rotatable bonds is 8. The standard InChI is InChI=1S/C11H20N2O5/c1-17-5-4-13-10(14)7-12-6-8-2-3-9(18-8)11(15)16/h8-9,12H,2-7H2,1H3,(H,13,14)(H,15,16). The molecule has 0 aromatic heterocycles. The van der Waals surface area contributed by atoms with Crippen LogP contribution in [-0.2, 0) is 19.1 Å². The van der Waals surface area contributed by atoms with Gasteiger partial charge in [-0.2, -0.15) is 0 Å². The van der Waals surface area contributed by atoms with Gasteiger partial charge in [0.25, 0.3) is 0 Å². The number of amides is 1. The number of carboxylic acids is 1. The molecule has 1 heterocycles. The van der Waals surface area contributed by atoms with Gasteiger partial charge in [-0.15, -0.1) is 0 Å². The van der Waals surface area contributed by atoms with E-state index in [0.717, 1.165) is 0 Å². The second-order valence-electron chi connectivity index (χ2n) is 4.14. The molecule has 2 unspecified atom stereocenters. The van der Waals surface area contributed by atoms with E-state index in [9.17, 15) is 9.59 Å². The van der Waals surface area contributed by atoms with Crippen molar-refractivity contribution in [2.75, 3.05) is 33.4 Å². The quantitative estimate of drug-likeness (QED) is 0.483. The predicted molar refractivity (Wildman–Crippen MR) is 63.3 cm³/mol. The molecule has 7 heteroatoms. The summed E-state index contributed by atoms with van der Waals surface area (Å²) in [5.74, 6) is -1.03. The summed E-state index contributed by atoms with van der Waals surface area (Å²) in [6, 6.07) is 0. The number of aliphatic carboxylic acids is 1. The molecule has 0 aromatic rings. The first-order valence-corrected chi connectivity index (χ1v) is 5.98. The molecule has 18 heavy (non-hydrogen) atoms. The Morgan fingerprint density at radius 1 is 1.44 bits per heavy atom. The van der Waals surface area contributed by atoms with Crippen LogP contribution in [0.5, 0.6) is 0 Å². The minimum absolute atomic E-state index is 0.111. The Kier molecular flexibility index (Phi) is 6.63. The van der Waals surface area contributed by atoms with Crippen molar-refractivity contribution in [2.45, 2.75) is 25.0 Å². The average molecular weight is 260 g/mol. The molecule has 1 saturated heterocycles. The van der Waals surface area contributed by atoms with E-state index >= 15 is 0 Å². The molecule has 1 aliphatic heterocycles. The van der Waals surface area contributed by atoms with Crippen molar-refractivity contribution in [1.29, 1.82) is 0 Å². The summed E-state index contributed by atoms with van der Waals surface area (Å²) < 4.78 is 10.1. The largest absolute Gasteiger partial charge is 0.479 e. The number of hydrogen-bond donors (Lipinski definition) is 3. The number of carboxylic acid groups (broad SMARTS) is 1. The third kappa shape index (κ3) is 5.44. The second kappa shape index (κ2) is 8.02. The minimum atomic E-state index is -0.921. The molecule has 0 spiro atoms. The lowest BCUT2D eigenvalue weighted by Gasteiger charge is -2.12. The Hall–Kier alpha value is -1.18. The molecule has 3 N–H and O–H groups in total. The first-order valence-electron chi connectivity index (χ1n) is 5.98. The summed E-state index contributed by atoms with van der Waals surface area (Å²) in [5, 5.41) is 14.4. The highest BCUT2D eigenvalue weighted by Crippen LogP contribution is 2.18. The molecular weight excluding hydrogens is 240 g/mol. The fourth-order valence-electron chi connectivity index (χ4n) is 1.74. The van der Waals surface area contributed by atoms with Crippen molar-refractivity contribution in [2.24, 2.45) is 0 Å². The highest BCUT2D eigenvalue weighted by atomic mass is 16.5. The van der Waals surface area contributed by atoms with E-state index in [1.807, 2.05) is 0 Å². The number of hydrogen-bond acceptors (Lipinski definition) is 5. The van der Waals surface area contributed by atoms with Crippen molar-refractivity contribution in [3.05, 3.63) is 0 Å². The summed E-state index contributed by atoms with van der Waals surface area (Å²) >= 11 is 0. The van der Waals surface area contributed by atoms with E-state index in [1.165, 1.54) is 0 Å². The number of carbonyl (C=O) groups excluding carboxylic acids is 1. The predicted octanol–water partition coefficient (Wildman–Crippen LogP) is -1.03. The van der Waals surface area contributed by atoms with Crippen LogP contribution < -0.4 is 10.6 Å². The third-order valence-electron chi connectivity index (χ3n) is 2.67. The average Bonchev–Trinajstić information content (AvgIpc) is 2.78. The van der Waals surface area contributed by atoms with Gasteiger partial charge < -0.3 is 25.2 Å². The zero-order chi connectivity index (χ0) is 13.4. The van der Waals surface area contributed by atoms with E-state index in [2.05, 4.69) is 10.6 Å². The van der Waals surface area contributed by atoms with Crippen LogP contribution in [0.4, 0.5) is 0 Å². The number of ether oxygens (including phenoxy) is 2. The summed E-state index contributed by atoms with van der Waals surface area (Å²) in [4.78, 5) is 22.0. The summed E-state index contributed by atoms with van der Waals surface area (Å²) in [7, 11) is 1.57. The van der Waals surface area contributed by atoms with Crippen molar-refractivity contribution in [3.63, 3.8) is 0 Å². The molecule has 1 rings (SSSR count). The molecule has 7 nitrogen and oxygen atoms in total. The maximum Gasteiger partial charge on any atom is 0.332 e. The number of carbonyl (C=O) groups is 2. The maximum absolute atomic E-state index is 11.3. The summed E-state index contributed by atoms with van der Waals surface area (Å²) in [6.45, 7) is 1.65. The van der Waals surface area contributed by atoms with E-state index in [0.29, 0.717) is 32.5 Å². The topological polar surface area (TPSA) is 96.9 Å². The first kappa shape index (κ1) is 14.9. The molecule has 0 bridgehead atoms. The number of nitrogens with one attached hydrogen (secondary N) is 2. The lowest BCUT2D eigenvalue weighted by molar-refractivity contribution is -0.149. The zero-order valence-corrected chi connectivity index (χ0v) is 10.5. The zero-order valence-electron chi connectivity index (χ0n) is 10.5. The van der Waals surface area contributed by atoms with Gasteiger partial charge >= 0.3 is 5.97 Å². The van der Waals surface area contributed by atoms with Crippen molar-refractivity contribution < 1.29 is 24.2 Å². The van der Waals surface area contributed by atoms with Gasteiger partial charge in [0.05, 0.1) is 19.3 Å². The van der Waals surface area contributed by atoms with Crippen LogP contribution in [0.25, 0.3) is 0 Å². The van der Waals surface area contributed by atoms with Crippen LogP contribution in [0, 0.1) is 0 Å². The van der Waals surface area contributed by atoms with Gasteiger partial charge in [-0.1, -0.05) is 0 Å². The fraction of sp³-hybridized carbons (Fsp3) is 0.818. The molecule has 1 amide bonds. The van der Waals surface area contributed by atoms with E-state index in [-0.39, 0.29) is 18.6 Å². The van der Waals surface area contributed by atoms with Crippen LogP contribution in [0.2, 0.25) is 0 Å². The highest BCUT2D eigenvalue weighted by Gasteiger charge is 2.29. The molecule has 2 atom stereocenters. The van der Waals surface area contributed by atoms with Crippen molar-refractivity contribution in [1.82, 2.24) is 10.6 Å². The molecule has 1 aliphatic rings. The Balaban J connectivity index is 2.04. The fourth-order valence-corrected chi connectivity index (χ4v) is 1.74. The van der Waals surface area contributed by atoms with Gasteiger partial charge in [-0.25, -0.2) is 4.79 Å². The van der Waals surface area contributed by atoms with Crippen LogP contribution in [0.1, 0.15) is 12.8 Å². The maximum atomic E-state index is 11.3. The molecule has 0 radical (unpaired) electrons. The van der Waals surface area contributed by atoms with Gasteiger partial charge in [0.2, 0.25) is 5.91 Å². The van der Waals surface area contributed by atoms with Crippen LogP contribution in [0.3, 0.4) is 0 Å². The van der Waals surface area contributed by atoms with Gasteiger partial charge in [0.1, 0.15) is 0 Å². The van der Waals surface area contributed by atoms with Gasteiger partial charge in [-0.05, 0) is 12.8 Å². The normalized spacial score (nSPS) is 22.9. The molecular formula is C11H20N2O5. The van der Waals surface area contributed by atoms with Crippen LogP contribution >= 0.6 is 0 Å². The SMILES string of the molecule is COCCNC(=O)CNCC1CCC(C(=O)O)O1. The Morgan fingerprint density at radius 3 is 2.83 bits per heavy atom. The Morgan fingerprint density at radius 2 is 2.22 bits per heavy atom. The Bertz CT molecular complexity index is 285.